The molecule has 1 heterocycles. The topological polar surface area (TPSA) is 47.6 Å². The number of aryl methyl sites for hydroxylation is 1. The summed E-state index contributed by atoms with van der Waals surface area (Å²) in [6.07, 6.45) is -0.689. The van der Waals surface area contributed by atoms with Crippen LogP contribution in [0.25, 0.3) is 33.4 Å². The third-order valence-corrected chi connectivity index (χ3v) is 7.22. The zero-order chi connectivity index (χ0) is 27.7. The molecule has 0 aliphatic heterocycles. The van der Waals surface area contributed by atoms with Gasteiger partial charge >= 0.3 is 6.36 Å². The zero-order valence-corrected chi connectivity index (χ0v) is 22.1. The fourth-order valence-corrected chi connectivity index (χ4v) is 5.38. The van der Waals surface area contributed by atoms with Crippen molar-refractivity contribution >= 4 is 34.1 Å². The van der Waals surface area contributed by atoms with Gasteiger partial charge in [-0.3, -0.25) is 4.99 Å². The minimum atomic E-state index is -4.73. The summed E-state index contributed by atoms with van der Waals surface area (Å²) < 4.78 is 47.0. The van der Waals surface area contributed by atoms with Crippen molar-refractivity contribution < 1.29 is 22.4 Å². The summed E-state index contributed by atoms with van der Waals surface area (Å²) in [5.74, 6) is 0.281. The molecule has 1 aromatic heterocycles. The van der Waals surface area contributed by atoms with Gasteiger partial charge in [0.25, 0.3) is 0 Å². The molecule has 0 spiro atoms. The Morgan fingerprint density at radius 3 is 2.60 bits per heavy atom. The molecular formula is C32H23F3N2O2S. The first-order valence-corrected chi connectivity index (χ1v) is 13.2. The summed E-state index contributed by atoms with van der Waals surface area (Å²) in [5.41, 5.74) is 6.67. The Morgan fingerprint density at radius 2 is 1.77 bits per heavy atom. The van der Waals surface area contributed by atoms with Gasteiger partial charge in [-0.15, -0.1) is 13.2 Å². The summed E-state index contributed by atoms with van der Waals surface area (Å²) in [6.45, 7) is 0.471. The first kappa shape index (κ1) is 26.0. The number of alkyl halides is 3. The number of fused-ring (bicyclic) bond motifs is 4. The van der Waals surface area contributed by atoms with Gasteiger partial charge < -0.3 is 9.26 Å². The molecule has 5 aromatic rings. The van der Waals surface area contributed by atoms with E-state index in [0.717, 1.165) is 39.2 Å². The van der Waals surface area contributed by atoms with Crippen LogP contribution in [0.3, 0.4) is 0 Å². The molecular weight excluding hydrogens is 533 g/mol. The van der Waals surface area contributed by atoms with Crippen LogP contribution in [0.1, 0.15) is 22.3 Å². The van der Waals surface area contributed by atoms with E-state index in [1.54, 1.807) is 12.1 Å². The van der Waals surface area contributed by atoms with E-state index in [0.29, 0.717) is 30.7 Å². The summed E-state index contributed by atoms with van der Waals surface area (Å²) in [6, 6.07) is 26.3. The smallest absolute Gasteiger partial charge is 0.406 e. The predicted octanol–water partition coefficient (Wildman–Crippen LogP) is 8.19. The molecule has 6 rings (SSSR count). The molecule has 4 nitrogen and oxygen atoms in total. The largest absolute Gasteiger partial charge is 0.573 e. The van der Waals surface area contributed by atoms with Crippen molar-refractivity contribution in [1.29, 1.82) is 0 Å². The highest BCUT2D eigenvalue weighted by Crippen LogP contribution is 2.39. The maximum Gasteiger partial charge on any atom is 0.573 e. The second kappa shape index (κ2) is 10.7. The third kappa shape index (κ3) is 5.53. The first-order chi connectivity index (χ1) is 19.3. The molecule has 200 valence electrons. The maximum atomic E-state index is 12.5. The molecule has 0 saturated heterocycles. The van der Waals surface area contributed by atoms with E-state index < -0.39 is 6.36 Å². The number of hydrogen-bond acceptors (Lipinski definition) is 5. The molecule has 4 aromatic carbocycles. The van der Waals surface area contributed by atoms with Crippen molar-refractivity contribution in [2.24, 2.45) is 4.99 Å². The molecule has 0 amide bonds. The number of ether oxygens (including phenoxy) is 1. The Bertz CT molecular complexity index is 1730. The number of nitrogens with zero attached hydrogens (tertiary/aromatic N) is 2. The summed E-state index contributed by atoms with van der Waals surface area (Å²) in [7, 11) is 0. The van der Waals surface area contributed by atoms with Gasteiger partial charge in [0.2, 0.25) is 0 Å². The van der Waals surface area contributed by atoms with Crippen LogP contribution in [0.5, 0.6) is 5.75 Å². The van der Waals surface area contributed by atoms with Crippen molar-refractivity contribution in [3.8, 4) is 28.3 Å². The highest BCUT2D eigenvalue weighted by Gasteiger charge is 2.31. The standard InChI is InChI=1S/C32H23F3N2O2S/c33-32(34,35)38-25-12-9-22(10-13-25)31-29-15-11-24-16-20(8-14-28(24)30(29)37-39-31)18-36-19-26(40)17-23-6-3-5-21-4-1-2-7-27(21)23/h1-10,12-14,16,18H,11,15,17,19H2. The Hall–Kier alpha value is -4.30. The summed E-state index contributed by atoms with van der Waals surface area (Å²) >= 11 is 5.64. The third-order valence-electron chi connectivity index (χ3n) is 6.94. The zero-order valence-electron chi connectivity index (χ0n) is 21.2. The van der Waals surface area contributed by atoms with Gasteiger partial charge in [0, 0.05) is 34.2 Å². The van der Waals surface area contributed by atoms with Crippen LogP contribution in [-0.2, 0) is 19.3 Å². The molecule has 8 heteroatoms. The van der Waals surface area contributed by atoms with Gasteiger partial charge in [0.15, 0.2) is 5.76 Å². The van der Waals surface area contributed by atoms with Crippen molar-refractivity contribution in [3.63, 3.8) is 0 Å². The normalized spacial score (nSPS) is 12.9. The average molecular weight is 557 g/mol. The molecule has 1 aliphatic rings. The Kier molecular flexibility index (Phi) is 6.94. The van der Waals surface area contributed by atoms with Crippen LogP contribution in [0, 0.1) is 0 Å². The van der Waals surface area contributed by atoms with Crippen molar-refractivity contribution in [2.75, 3.05) is 6.54 Å². The van der Waals surface area contributed by atoms with E-state index in [9.17, 15) is 13.2 Å². The average Bonchev–Trinajstić information content (AvgIpc) is 3.37. The van der Waals surface area contributed by atoms with Crippen LogP contribution < -0.4 is 4.74 Å². The fraction of sp³-hybridized carbons (Fsp3) is 0.156. The van der Waals surface area contributed by atoms with Crippen LogP contribution >= 0.6 is 12.2 Å². The van der Waals surface area contributed by atoms with Gasteiger partial charge in [-0.25, -0.2) is 0 Å². The molecule has 0 fully saturated rings. The van der Waals surface area contributed by atoms with Crippen LogP contribution in [0.2, 0.25) is 0 Å². The Labute approximate surface area is 234 Å². The minimum Gasteiger partial charge on any atom is -0.406 e. The molecule has 0 N–H and O–H groups in total. The van der Waals surface area contributed by atoms with Gasteiger partial charge in [-0.2, -0.15) is 0 Å². The van der Waals surface area contributed by atoms with Crippen LogP contribution in [-0.4, -0.2) is 29.1 Å². The second-order valence-electron chi connectivity index (χ2n) is 9.65. The van der Waals surface area contributed by atoms with Crippen molar-refractivity contribution in [1.82, 2.24) is 5.16 Å². The predicted molar refractivity (Wildman–Crippen MR) is 154 cm³/mol. The lowest BCUT2D eigenvalue weighted by atomic mass is 9.87. The maximum absolute atomic E-state index is 12.5. The number of halogens is 3. The van der Waals surface area contributed by atoms with Crippen molar-refractivity contribution in [2.45, 2.75) is 25.6 Å². The molecule has 1 aliphatic carbocycles. The van der Waals surface area contributed by atoms with Gasteiger partial charge in [0.1, 0.15) is 11.4 Å². The number of hydrogen-bond donors (Lipinski definition) is 0. The van der Waals surface area contributed by atoms with Gasteiger partial charge in [-0.05, 0) is 70.6 Å². The molecule has 0 saturated carbocycles. The van der Waals surface area contributed by atoms with E-state index in [2.05, 4.69) is 51.3 Å². The molecule has 40 heavy (non-hydrogen) atoms. The SMILES string of the molecule is FC(F)(F)Oc1ccc(-c2onc3c2CCc2cc(C=NCC(=S)Cc4cccc5ccccc45)ccc2-3)cc1. The van der Waals surface area contributed by atoms with E-state index >= 15 is 0 Å². The highest BCUT2D eigenvalue weighted by atomic mass is 32.1. The molecule has 0 atom stereocenters. The van der Waals surface area contributed by atoms with E-state index in [1.807, 2.05) is 30.5 Å². The monoisotopic (exact) mass is 556 g/mol. The summed E-state index contributed by atoms with van der Waals surface area (Å²) in [4.78, 5) is 5.48. The van der Waals surface area contributed by atoms with E-state index in [1.165, 1.54) is 28.5 Å². The van der Waals surface area contributed by atoms with E-state index in [4.69, 9.17) is 16.7 Å². The second-order valence-corrected chi connectivity index (χ2v) is 10.2. The lowest BCUT2D eigenvalue weighted by molar-refractivity contribution is -0.274. The molecule has 0 radical (unpaired) electrons. The summed E-state index contributed by atoms with van der Waals surface area (Å²) in [5, 5.41) is 6.72. The fourth-order valence-electron chi connectivity index (χ4n) is 5.15. The number of rotatable bonds is 7. The molecule has 0 unspecified atom stereocenters. The quantitative estimate of drug-likeness (QED) is 0.150. The Morgan fingerprint density at radius 1 is 0.975 bits per heavy atom. The minimum absolute atomic E-state index is 0.279. The van der Waals surface area contributed by atoms with Crippen LogP contribution in [0.4, 0.5) is 13.2 Å². The van der Waals surface area contributed by atoms with Gasteiger partial charge in [-0.1, -0.05) is 72.0 Å². The van der Waals surface area contributed by atoms with Crippen molar-refractivity contribution in [3.05, 3.63) is 107 Å². The van der Waals surface area contributed by atoms with Gasteiger partial charge in [0.05, 0.1) is 6.54 Å². The number of benzene rings is 4. The number of aromatic nitrogens is 1. The number of aliphatic imine (C=N–C) groups is 1. The number of thiocarbonyl (C=S) groups is 1. The lowest BCUT2D eigenvalue weighted by Crippen LogP contribution is -2.16. The van der Waals surface area contributed by atoms with Crippen LogP contribution in [0.15, 0.2) is 94.4 Å². The highest BCUT2D eigenvalue weighted by molar-refractivity contribution is 7.80. The first-order valence-electron chi connectivity index (χ1n) is 12.8. The molecule has 0 bridgehead atoms. The lowest BCUT2D eigenvalue weighted by Gasteiger charge is -2.16. The Balaban J connectivity index is 1.14. The van der Waals surface area contributed by atoms with E-state index in [-0.39, 0.29) is 5.75 Å².